The number of nitrogens with zero attached hydrogens (tertiary/aromatic N) is 2. The second-order valence-electron chi connectivity index (χ2n) is 3.00. The van der Waals surface area contributed by atoms with Crippen molar-refractivity contribution in [2.45, 2.75) is 12.8 Å². The predicted molar refractivity (Wildman–Crippen MR) is 58.7 cm³/mol. The van der Waals surface area contributed by atoms with E-state index in [-0.39, 0.29) is 5.15 Å². The molecule has 0 aliphatic heterocycles. The Kier molecular flexibility index (Phi) is 3.28. The van der Waals surface area contributed by atoms with E-state index in [4.69, 9.17) is 11.6 Å². The molecule has 78 valence electrons. The molecule has 2 aromatic heterocycles. The summed E-state index contributed by atoms with van der Waals surface area (Å²) in [4.78, 5) is 7.79. The monoisotopic (exact) mass is 242 g/mol. The maximum absolute atomic E-state index is 13.4. The number of thiazole rings is 1. The smallest absolute Gasteiger partial charge is 0.164 e. The van der Waals surface area contributed by atoms with Crippen molar-refractivity contribution in [2.24, 2.45) is 0 Å². The van der Waals surface area contributed by atoms with E-state index in [0.717, 1.165) is 11.4 Å². The van der Waals surface area contributed by atoms with Gasteiger partial charge >= 0.3 is 0 Å². The van der Waals surface area contributed by atoms with E-state index in [1.807, 2.05) is 5.38 Å². The van der Waals surface area contributed by atoms with Crippen molar-refractivity contribution < 1.29 is 4.39 Å². The van der Waals surface area contributed by atoms with Crippen molar-refractivity contribution in [1.29, 1.82) is 0 Å². The lowest BCUT2D eigenvalue weighted by molar-refractivity contribution is 0.602. The van der Waals surface area contributed by atoms with Crippen LogP contribution in [0.15, 0.2) is 23.8 Å². The van der Waals surface area contributed by atoms with Gasteiger partial charge in [-0.15, -0.1) is 11.3 Å². The van der Waals surface area contributed by atoms with E-state index in [2.05, 4.69) is 9.97 Å². The Balaban J connectivity index is 2.08. The first-order chi connectivity index (χ1) is 7.27. The Morgan fingerprint density at radius 3 is 2.87 bits per heavy atom. The highest BCUT2D eigenvalue weighted by Crippen LogP contribution is 2.17. The first-order valence-electron chi connectivity index (χ1n) is 4.44. The van der Waals surface area contributed by atoms with Gasteiger partial charge in [-0.1, -0.05) is 11.6 Å². The number of halogens is 2. The van der Waals surface area contributed by atoms with Crippen LogP contribution in [0.25, 0.3) is 0 Å². The normalized spacial score (nSPS) is 10.5. The van der Waals surface area contributed by atoms with Crippen LogP contribution in [0.3, 0.4) is 0 Å². The summed E-state index contributed by atoms with van der Waals surface area (Å²) < 4.78 is 13.4. The van der Waals surface area contributed by atoms with Crippen LogP contribution >= 0.6 is 22.9 Å². The number of aromatic nitrogens is 2. The van der Waals surface area contributed by atoms with Gasteiger partial charge in [-0.25, -0.2) is 14.4 Å². The zero-order valence-corrected chi connectivity index (χ0v) is 9.35. The van der Waals surface area contributed by atoms with Crippen molar-refractivity contribution in [3.63, 3.8) is 0 Å². The first kappa shape index (κ1) is 10.5. The Morgan fingerprint density at radius 2 is 2.13 bits per heavy atom. The number of aryl methyl sites for hydroxylation is 2. The van der Waals surface area contributed by atoms with Crippen LogP contribution in [0.5, 0.6) is 0 Å². The van der Waals surface area contributed by atoms with Crippen LogP contribution in [0.1, 0.15) is 10.6 Å². The number of hydrogen-bond acceptors (Lipinski definition) is 3. The highest BCUT2D eigenvalue weighted by atomic mass is 35.5. The topological polar surface area (TPSA) is 25.8 Å². The summed E-state index contributed by atoms with van der Waals surface area (Å²) in [5.41, 5.74) is 0.588. The third kappa shape index (κ3) is 2.52. The molecule has 0 aromatic carbocycles. The van der Waals surface area contributed by atoms with Gasteiger partial charge in [0.2, 0.25) is 0 Å². The van der Waals surface area contributed by atoms with Crippen LogP contribution in [0.4, 0.5) is 4.39 Å². The molecule has 0 N–H and O–H groups in total. The molecule has 0 bridgehead atoms. The van der Waals surface area contributed by atoms with Crippen LogP contribution < -0.4 is 0 Å². The molecule has 0 fully saturated rings. The molecule has 0 unspecified atom stereocenters. The van der Waals surface area contributed by atoms with Gasteiger partial charge in [0, 0.05) is 24.2 Å². The Morgan fingerprint density at radius 1 is 1.27 bits per heavy atom. The van der Waals surface area contributed by atoms with Crippen LogP contribution in [-0.2, 0) is 12.8 Å². The van der Waals surface area contributed by atoms with E-state index in [1.54, 1.807) is 23.6 Å². The van der Waals surface area contributed by atoms with E-state index in [1.165, 1.54) is 6.20 Å². The van der Waals surface area contributed by atoms with Crippen molar-refractivity contribution in [1.82, 2.24) is 9.97 Å². The van der Waals surface area contributed by atoms with Crippen molar-refractivity contribution in [2.75, 3.05) is 0 Å². The molecule has 15 heavy (non-hydrogen) atoms. The minimum Gasteiger partial charge on any atom is -0.250 e. The minimum atomic E-state index is -0.421. The summed E-state index contributed by atoms with van der Waals surface area (Å²) in [7, 11) is 0. The molecule has 0 radical (unpaired) electrons. The average Bonchev–Trinajstić information content (AvgIpc) is 2.73. The van der Waals surface area contributed by atoms with E-state index in [0.29, 0.717) is 12.0 Å². The largest absolute Gasteiger partial charge is 0.250 e. The van der Waals surface area contributed by atoms with Gasteiger partial charge in [-0.2, -0.15) is 0 Å². The molecule has 0 saturated carbocycles. The zero-order valence-electron chi connectivity index (χ0n) is 7.78. The third-order valence-corrected chi connectivity index (χ3v) is 3.12. The molecule has 5 heteroatoms. The van der Waals surface area contributed by atoms with Gasteiger partial charge in [0.1, 0.15) is 0 Å². The van der Waals surface area contributed by atoms with E-state index < -0.39 is 5.82 Å². The summed E-state index contributed by atoms with van der Waals surface area (Å²) in [5, 5.41) is 2.85. The molecule has 2 rings (SSSR count). The molecular formula is C10H8ClFN2S. The Labute approximate surface area is 95.8 Å². The second kappa shape index (κ2) is 4.68. The SMILES string of the molecule is Fc1c(CCc2nccs2)ccnc1Cl. The molecule has 0 amide bonds. The molecule has 0 aliphatic rings. The lowest BCUT2D eigenvalue weighted by atomic mass is 10.1. The first-order valence-corrected chi connectivity index (χ1v) is 5.70. The van der Waals surface area contributed by atoms with Gasteiger partial charge in [0.25, 0.3) is 0 Å². The van der Waals surface area contributed by atoms with Crippen LogP contribution in [-0.4, -0.2) is 9.97 Å². The second-order valence-corrected chi connectivity index (χ2v) is 4.34. The molecule has 0 atom stereocenters. The lowest BCUT2D eigenvalue weighted by Crippen LogP contribution is -1.96. The number of rotatable bonds is 3. The molecular weight excluding hydrogens is 235 g/mol. The molecule has 0 saturated heterocycles. The van der Waals surface area contributed by atoms with E-state index >= 15 is 0 Å². The minimum absolute atomic E-state index is 0.0633. The molecule has 2 nitrogen and oxygen atoms in total. The summed E-state index contributed by atoms with van der Waals surface area (Å²) in [6, 6.07) is 1.65. The van der Waals surface area contributed by atoms with Crippen molar-refractivity contribution >= 4 is 22.9 Å². The van der Waals surface area contributed by atoms with Crippen LogP contribution in [0.2, 0.25) is 5.15 Å². The summed E-state index contributed by atoms with van der Waals surface area (Å²) in [6.45, 7) is 0. The summed E-state index contributed by atoms with van der Waals surface area (Å²) in [6.07, 6.45) is 4.59. The predicted octanol–water partition coefficient (Wildman–Crippen LogP) is 3.12. The fourth-order valence-electron chi connectivity index (χ4n) is 1.27. The Bertz CT molecular complexity index is 445. The quantitative estimate of drug-likeness (QED) is 0.773. The zero-order chi connectivity index (χ0) is 10.7. The molecule has 2 heterocycles. The third-order valence-electron chi connectivity index (χ3n) is 2.02. The van der Waals surface area contributed by atoms with Gasteiger partial charge in [0.05, 0.1) is 5.01 Å². The lowest BCUT2D eigenvalue weighted by Gasteiger charge is -2.01. The van der Waals surface area contributed by atoms with Crippen LogP contribution in [0, 0.1) is 5.82 Å². The average molecular weight is 243 g/mol. The van der Waals surface area contributed by atoms with Crippen molar-refractivity contribution in [3.8, 4) is 0 Å². The highest BCUT2D eigenvalue weighted by molar-refractivity contribution is 7.09. The fraction of sp³-hybridized carbons (Fsp3) is 0.200. The summed E-state index contributed by atoms with van der Waals surface area (Å²) in [5.74, 6) is -0.421. The van der Waals surface area contributed by atoms with E-state index in [9.17, 15) is 4.39 Å². The number of hydrogen-bond donors (Lipinski definition) is 0. The Hall–Kier alpha value is -1.00. The molecule has 0 spiro atoms. The highest BCUT2D eigenvalue weighted by Gasteiger charge is 2.07. The maximum Gasteiger partial charge on any atom is 0.164 e. The van der Waals surface area contributed by atoms with Gasteiger partial charge in [0.15, 0.2) is 11.0 Å². The van der Waals surface area contributed by atoms with Gasteiger partial charge in [-0.05, 0) is 18.1 Å². The van der Waals surface area contributed by atoms with Crippen molar-refractivity contribution in [3.05, 3.63) is 45.4 Å². The fourth-order valence-corrected chi connectivity index (χ4v) is 2.06. The standard InChI is InChI=1S/C10H8ClFN2S/c11-10-9(12)7(3-4-14-10)1-2-8-13-5-6-15-8/h3-6H,1-2H2. The molecule has 2 aromatic rings. The van der Waals surface area contributed by atoms with Gasteiger partial charge in [-0.3, -0.25) is 0 Å². The number of pyridine rings is 1. The summed E-state index contributed by atoms with van der Waals surface area (Å²) >= 11 is 7.15. The molecule has 0 aliphatic carbocycles. The maximum atomic E-state index is 13.4. The van der Waals surface area contributed by atoms with Gasteiger partial charge < -0.3 is 0 Å².